The Bertz CT molecular complexity index is 262. The van der Waals surface area contributed by atoms with Gasteiger partial charge in [0.2, 0.25) is 0 Å². The van der Waals surface area contributed by atoms with Crippen molar-refractivity contribution in [3.8, 4) is 0 Å². The maximum absolute atomic E-state index is 10.1. The lowest BCUT2D eigenvalue weighted by Crippen LogP contribution is -2.43. The van der Waals surface area contributed by atoms with E-state index in [-0.39, 0.29) is 5.54 Å². The van der Waals surface area contributed by atoms with Crippen LogP contribution in [0.3, 0.4) is 0 Å². The van der Waals surface area contributed by atoms with Crippen LogP contribution >= 0.6 is 0 Å². The molecule has 0 aromatic rings. The molecule has 0 aromatic carbocycles. The van der Waals surface area contributed by atoms with Crippen molar-refractivity contribution in [2.75, 3.05) is 25.4 Å². The molecule has 0 bridgehead atoms. The summed E-state index contributed by atoms with van der Waals surface area (Å²) in [5.74, 6) is 0.902. The minimum atomic E-state index is -0.399. The highest BCUT2D eigenvalue weighted by Gasteiger charge is 2.53. The van der Waals surface area contributed by atoms with Crippen molar-refractivity contribution in [1.29, 1.82) is 0 Å². The van der Waals surface area contributed by atoms with Crippen LogP contribution in [-0.2, 0) is 15.9 Å². The lowest BCUT2D eigenvalue weighted by molar-refractivity contribution is 0.00314. The fraction of sp³-hybridized carbons (Fsp3) is 1.00. The van der Waals surface area contributed by atoms with Crippen LogP contribution in [0.2, 0.25) is 0 Å². The van der Waals surface area contributed by atoms with E-state index in [0.29, 0.717) is 11.4 Å². The first-order valence-electron chi connectivity index (χ1n) is 6.83. The number of nitrogens with zero attached hydrogens (tertiary/aromatic N) is 1. The van der Waals surface area contributed by atoms with Gasteiger partial charge in [-0.3, -0.25) is 4.90 Å². The molecule has 1 N–H and O–H groups in total. The van der Waals surface area contributed by atoms with E-state index in [1.54, 1.807) is 0 Å². The van der Waals surface area contributed by atoms with Crippen LogP contribution in [-0.4, -0.2) is 51.8 Å². The molecule has 0 radical (unpaired) electrons. The molecule has 0 amide bonds. The number of hydrogen-bond donors (Lipinski definition) is 1. The Morgan fingerprint density at radius 2 is 2.29 bits per heavy atom. The predicted molar refractivity (Wildman–Crippen MR) is 73.6 cm³/mol. The van der Waals surface area contributed by atoms with Crippen LogP contribution in [0, 0.1) is 0 Å². The second-order valence-corrected chi connectivity index (χ2v) is 7.70. The van der Waals surface area contributed by atoms with Crippen LogP contribution in [0.4, 0.5) is 0 Å². The van der Waals surface area contributed by atoms with Crippen molar-refractivity contribution in [2.24, 2.45) is 0 Å². The molecule has 2 heterocycles. The molecule has 100 valence electrons. The van der Waals surface area contributed by atoms with Crippen LogP contribution in [0.25, 0.3) is 0 Å². The first kappa shape index (κ1) is 13.7. The summed E-state index contributed by atoms with van der Waals surface area (Å²) in [5, 5.41) is 0.482. The molecular weight excluding hydrogens is 234 g/mol. The van der Waals surface area contributed by atoms with Crippen molar-refractivity contribution in [1.82, 2.24) is 4.90 Å². The zero-order valence-electron chi connectivity index (χ0n) is 11.3. The lowest BCUT2D eigenvalue weighted by Gasteiger charge is -2.31. The number of ether oxygens (including phenoxy) is 1. The molecule has 0 saturated carbocycles. The number of fused-ring (bicyclic) bond motifs is 1. The highest BCUT2D eigenvalue weighted by atomic mass is 32.2. The lowest BCUT2D eigenvalue weighted by atomic mass is 9.95. The molecule has 4 heteroatoms. The maximum atomic E-state index is 10.1. The third-order valence-corrected chi connectivity index (χ3v) is 5.82. The predicted octanol–water partition coefficient (Wildman–Crippen LogP) is 2.13. The topological polar surface area (TPSA) is 32.7 Å². The van der Waals surface area contributed by atoms with E-state index < -0.39 is 11.2 Å². The normalized spacial score (nSPS) is 35.5. The molecule has 2 fully saturated rings. The van der Waals surface area contributed by atoms with Gasteiger partial charge in [0, 0.05) is 18.5 Å². The summed E-state index contributed by atoms with van der Waals surface area (Å²) >= 11 is -0.399. The molecule has 2 aliphatic heterocycles. The maximum Gasteiger partial charge on any atom is 0.165 e. The number of rotatable bonds is 5. The van der Waals surface area contributed by atoms with Gasteiger partial charge in [-0.2, -0.15) is 4.55 Å². The molecule has 3 atom stereocenters. The van der Waals surface area contributed by atoms with Gasteiger partial charge < -0.3 is 4.74 Å². The first-order valence-corrected chi connectivity index (χ1v) is 8.24. The van der Waals surface area contributed by atoms with Crippen molar-refractivity contribution in [2.45, 2.75) is 56.9 Å². The van der Waals surface area contributed by atoms with E-state index in [1.165, 1.54) is 19.4 Å². The van der Waals surface area contributed by atoms with Crippen molar-refractivity contribution >= 4 is 11.2 Å². The summed E-state index contributed by atoms with van der Waals surface area (Å²) in [6, 6.07) is 0. The Hall–Kier alpha value is 0.230. The Labute approximate surface area is 108 Å². The molecule has 3 nitrogen and oxygen atoms in total. The van der Waals surface area contributed by atoms with Crippen LogP contribution < -0.4 is 0 Å². The quantitative estimate of drug-likeness (QED) is 0.769. The Morgan fingerprint density at radius 3 is 2.94 bits per heavy atom. The highest BCUT2D eigenvalue weighted by molar-refractivity contribution is 7.92. The standard InChI is InChI=1S/C13H26NO2S/c1-4-17(15)12-8-13(10-16-11(2)3)6-5-7-14(13)9-12/h11-12,15H,4-10H2,1-3H3/q+1/t12-,13+,17?/m1/s1. The largest absolute Gasteiger partial charge is 0.377 e. The SMILES string of the molecule is CC[S+](O)[C@H]1CN2CCC[C@@]2(COC(C)C)C1. The van der Waals surface area contributed by atoms with E-state index in [4.69, 9.17) is 4.74 Å². The van der Waals surface area contributed by atoms with Gasteiger partial charge in [-0.25, -0.2) is 0 Å². The molecule has 17 heavy (non-hydrogen) atoms. The fourth-order valence-corrected chi connectivity index (χ4v) is 4.53. The molecule has 0 spiro atoms. The molecule has 0 aliphatic carbocycles. The summed E-state index contributed by atoms with van der Waals surface area (Å²) in [4.78, 5) is 2.58. The summed E-state index contributed by atoms with van der Waals surface area (Å²) in [7, 11) is 0. The highest BCUT2D eigenvalue weighted by Crippen LogP contribution is 2.41. The third-order valence-electron chi connectivity index (χ3n) is 4.14. The van der Waals surface area contributed by atoms with Gasteiger partial charge in [-0.05, 0) is 40.2 Å². The van der Waals surface area contributed by atoms with Gasteiger partial charge in [0.25, 0.3) is 0 Å². The zero-order chi connectivity index (χ0) is 12.5. The first-order chi connectivity index (χ1) is 8.07. The minimum Gasteiger partial charge on any atom is -0.377 e. The van der Waals surface area contributed by atoms with Gasteiger partial charge >= 0.3 is 0 Å². The smallest absolute Gasteiger partial charge is 0.165 e. The van der Waals surface area contributed by atoms with E-state index in [9.17, 15) is 4.55 Å². The fourth-order valence-electron chi connectivity index (χ4n) is 3.21. The van der Waals surface area contributed by atoms with Crippen LogP contribution in [0.1, 0.15) is 40.0 Å². The molecule has 1 unspecified atom stereocenters. The van der Waals surface area contributed by atoms with E-state index in [1.807, 2.05) is 0 Å². The summed E-state index contributed by atoms with van der Waals surface area (Å²) < 4.78 is 15.9. The second-order valence-electron chi connectivity index (χ2n) is 5.65. The minimum absolute atomic E-state index is 0.248. The van der Waals surface area contributed by atoms with E-state index in [2.05, 4.69) is 25.7 Å². The summed E-state index contributed by atoms with van der Waals surface area (Å²) in [6.07, 6.45) is 3.98. The Kier molecular flexibility index (Phi) is 4.40. The van der Waals surface area contributed by atoms with Gasteiger partial charge in [-0.15, -0.1) is 0 Å². The van der Waals surface area contributed by atoms with Crippen LogP contribution in [0.5, 0.6) is 0 Å². The van der Waals surface area contributed by atoms with Crippen molar-refractivity contribution < 1.29 is 9.29 Å². The molecule has 2 rings (SSSR count). The monoisotopic (exact) mass is 260 g/mol. The Morgan fingerprint density at radius 1 is 1.53 bits per heavy atom. The van der Waals surface area contributed by atoms with Gasteiger partial charge in [-0.1, -0.05) is 0 Å². The molecular formula is C13H26NO2S+. The summed E-state index contributed by atoms with van der Waals surface area (Å²) in [5.41, 5.74) is 0.248. The number of hydrogen-bond acceptors (Lipinski definition) is 3. The van der Waals surface area contributed by atoms with Gasteiger partial charge in [0.1, 0.15) is 16.9 Å². The third kappa shape index (κ3) is 2.80. The average Bonchev–Trinajstić information content (AvgIpc) is 2.81. The summed E-state index contributed by atoms with van der Waals surface area (Å²) in [6.45, 7) is 9.41. The van der Waals surface area contributed by atoms with E-state index in [0.717, 1.165) is 25.3 Å². The zero-order valence-corrected chi connectivity index (χ0v) is 12.1. The molecule has 0 aromatic heterocycles. The molecule has 2 aliphatic rings. The van der Waals surface area contributed by atoms with Gasteiger partial charge in [0.05, 0.1) is 12.7 Å². The van der Waals surface area contributed by atoms with Crippen molar-refractivity contribution in [3.05, 3.63) is 0 Å². The van der Waals surface area contributed by atoms with Crippen LogP contribution in [0.15, 0.2) is 0 Å². The average molecular weight is 260 g/mol. The van der Waals surface area contributed by atoms with Gasteiger partial charge in [0.15, 0.2) is 5.25 Å². The van der Waals surface area contributed by atoms with E-state index >= 15 is 0 Å². The van der Waals surface area contributed by atoms with Crippen molar-refractivity contribution in [3.63, 3.8) is 0 Å². The second kappa shape index (κ2) is 5.47. The molecule has 2 saturated heterocycles. The Balaban J connectivity index is 1.99.